The monoisotopic (exact) mass is 343 g/mol. The van der Waals surface area contributed by atoms with Crippen LogP contribution < -0.4 is 0 Å². The normalized spacial score (nSPS) is 22.8. The van der Waals surface area contributed by atoms with Crippen LogP contribution >= 0.6 is 0 Å². The number of rotatable bonds is 2. The molecule has 1 aromatic carbocycles. The Labute approximate surface area is 155 Å². The van der Waals surface area contributed by atoms with Crippen molar-refractivity contribution >= 4 is 22.7 Å². The molecule has 0 amide bonds. The van der Waals surface area contributed by atoms with Crippen LogP contribution in [-0.2, 0) is 6.42 Å². The minimum Gasteiger partial charge on any atom is -0.320 e. The summed E-state index contributed by atoms with van der Waals surface area (Å²) in [6, 6.07) is 12.3. The maximum Gasteiger partial charge on any atom is 0.0529 e. The Hall–Kier alpha value is -2.39. The molecule has 2 unspecified atom stereocenters. The van der Waals surface area contributed by atoms with Crippen LogP contribution in [0.1, 0.15) is 48.2 Å². The maximum atomic E-state index is 4.28. The number of aryl methyl sites for hydroxylation is 1. The third-order valence-corrected chi connectivity index (χ3v) is 6.35. The molecule has 5 rings (SSSR count). The van der Waals surface area contributed by atoms with Gasteiger partial charge in [0, 0.05) is 48.2 Å². The Bertz CT molecular complexity index is 1010. The molecule has 2 aromatic heterocycles. The molecule has 2 atom stereocenters. The Morgan fingerprint density at radius 1 is 1.23 bits per heavy atom. The number of fused-ring (bicyclic) bond motifs is 6. The first kappa shape index (κ1) is 15.8. The van der Waals surface area contributed by atoms with Gasteiger partial charge in [-0.15, -0.1) is 0 Å². The van der Waals surface area contributed by atoms with E-state index in [1.807, 2.05) is 18.5 Å². The van der Waals surface area contributed by atoms with Crippen molar-refractivity contribution in [1.29, 1.82) is 0 Å². The van der Waals surface area contributed by atoms with E-state index in [0.717, 1.165) is 6.42 Å². The molecule has 0 saturated carbocycles. The van der Waals surface area contributed by atoms with Crippen molar-refractivity contribution in [2.24, 2.45) is 0 Å². The van der Waals surface area contributed by atoms with Crippen LogP contribution in [0.2, 0.25) is 0 Å². The summed E-state index contributed by atoms with van der Waals surface area (Å²) in [6.07, 6.45) is 9.84. The molecule has 1 saturated heterocycles. The van der Waals surface area contributed by atoms with Gasteiger partial charge in [0.2, 0.25) is 0 Å². The number of aromatic nitrogens is 2. The summed E-state index contributed by atoms with van der Waals surface area (Å²) in [5, 5.41) is 1.44. The van der Waals surface area contributed by atoms with Crippen LogP contribution in [0, 0.1) is 6.92 Å². The smallest absolute Gasteiger partial charge is 0.0529 e. The Morgan fingerprint density at radius 2 is 2.12 bits per heavy atom. The highest BCUT2D eigenvalue weighted by atomic mass is 15.2. The zero-order chi connectivity index (χ0) is 17.8. The molecule has 1 fully saturated rings. The van der Waals surface area contributed by atoms with E-state index in [4.69, 9.17) is 0 Å². The molecule has 3 nitrogen and oxygen atoms in total. The first-order valence-corrected chi connectivity index (χ1v) is 9.57. The lowest BCUT2D eigenvalue weighted by Crippen LogP contribution is -2.34. The van der Waals surface area contributed by atoms with Crippen molar-refractivity contribution < 1.29 is 0 Å². The highest BCUT2D eigenvalue weighted by Crippen LogP contribution is 2.47. The van der Waals surface area contributed by atoms with Gasteiger partial charge in [-0.25, -0.2) is 0 Å². The van der Waals surface area contributed by atoms with Gasteiger partial charge in [-0.3, -0.25) is 9.88 Å². The van der Waals surface area contributed by atoms with Crippen molar-refractivity contribution in [3.05, 3.63) is 65.1 Å². The number of hydrogen-bond acceptors (Lipinski definition) is 2. The van der Waals surface area contributed by atoms with E-state index in [9.17, 15) is 0 Å². The number of pyridine rings is 1. The average molecular weight is 343 g/mol. The molecular formula is C23H25N3. The second-order valence-corrected chi connectivity index (χ2v) is 7.92. The van der Waals surface area contributed by atoms with Gasteiger partial charge in [-0.05, 0) is 68.6 Å². The number of likely N-dealkylation sites (N-methyl/N-ethyl adjacent to an activating group) is 1. The van der Waals surface area contributed by atoms with E-state index < -0.39 is 0 Å². The largest absolute Gasteiger partial charge is 0.320 e. The van der Waals surface area contributed by atoms with Crippen LogP contribution in [0.3, 0.4) is 0 Å². The van der Waals surface area contributed by atoms with Gasteiger partial charge in [0.15, 0.2) is 0 Å². The molecule has 0 aliphatic carbocycles. The molecule has 3 aromatic rings. The molecule has 0 spiro atoms. The fraction of sp³-hybridized carbons (Fsp3) is 0.348. The molecule has 0 N–H and O–H groups in total. The summed E-state index contributed by atoms with van der Waals surface area (Å²) in [5.74, 6) is 0. The zero-order valence-electron chi connectivity index (χ0n) is 15.7. The van der Waals surface area contributed by atoms with Crippen LogP contribution in [0.4, 0.5) is 0 Å². The van der Waals surface area contributed by atoms with E-state index >= 15 is 0 Å². The number of hydrogen-bond donors (Lipinski definition) is 0. The fourth-order valence-corrected chi connectivity index (χ4v) is 4.93. The molecule has 0 radical (unpaired) electrons. The highest BCUT2D eigenvalue weighted by molar-refractivity contribution is 5.91. The SMILES string of the molecule is C/C(=C\n1c2c(c3cc(C)ccc31)C1CCC(C2)N1C)c1cccnc1. The third kappa shape index (κ3) is 2.27. The van der Waals surface area contributed by atoms with Crippen molar-refractivity contribution in [3.63, 3.8) is 0 Å². The lowest BCUT2D eigenvalue weighted by Gasteiger charge is -2.32. The second kappa shape index (κ2) is 5.82. The standard InChI is InChI=1S/C23H25N3/c1-15-6-8-20-19(11-15)23-21-9-7-18(25(21)3)12-22(23)26(20)14-16(2)17-5-4-10-24-13-17/h4-6,8,10-11,13-14,18,21H,7,9,12H2,1-3H3/b16-14+. The summed E-state index contributed by atoms with van der Waals surface area (Å²) in [4.78, 5) is 6.89. The summed E-state index contributed by atoms with van der Waals surface area (Å²) < 4.78 is 2.46. The van der Waals surface area contributed by atoms with Gasteiger partial charge in [0.05, 0.1) is 5.52 Å². The van der Waals surface area contributed by atoms with Gasteiger partial charge < -0.3 is 4.57 Å². The molecule has 2 aliphatic rings. The average Bonchev–Trinajstić information content (AvgIpc) is 3.06. The van der Waals surface area contributed by atoms with E-state index in [1.54, 1.807) is 5.56 Å². The van der Waals surface area contributed by atoms with Crippen LogP contribution in [0.5, 0.6) is 0 Å². The Morgan fingerprint density at radius 3 is 2.92 bits per heavy atom. The number of allylic oxidation sites excluding steroid dienone is 1. The summed E-state index contributed by atoms with van der Waals surface area (Å²) in [5.41, 5.74) is 8.20. The third-order valence-electron chi connectivity index (χ3n) is 6.35. The quantitative estimate of drug-likeness (QED) is 0.649. The Kier molecular flexibility index (Phi) is 3.54. The summed E-state index contributed by atoms with van der Waals surface area (Å²) >= 11 is 0. The molecule has 2 aliphatic heterocycles. The first-order valence-electron chi connectivity index (χ1n) is 9.57. The minimum atomic E-state index is 0.571. The van der Waals surface area contributed by atoms with Crippen LogP contribution in [-0.4, -0.2) is 27.5 Å². The van der Waals surface area contributed by atoms with Crippen molar-refractivity contribution in [2.75, 3.05) is 7.05 Å². The van der Waals surface area contributed by atoms with Gasteiger partial charge in [0.25, 0.3) is 0 Å². The topological polar surface area (TPSA) is 21.1 Å². The summed E-state index contributed by atoms with van der Waals surface area (Å²) in [6.45, 7) is 4.39. The predicted octanol–water partition coefficient (Wildman–Crippen LogP) is 5.05. The van der Waals surface area contributed by atoms with E-state index in [2.05, 4.69) is 65.8 Å². The van der Waals surface area contributed by atoms with Crippen LogP contribution in [0.25, 0.3) is 22.7 Å². The molecule has 26 heavy (non-hydrogen) atoms. The van der Waals surface area contributed by atoms with Gasteiger partial charge in [0.1, 0.15) is 0 Å². The van der Waals surface area contributed by atoms with E-state index in [-0.39, 0.29) is 0 Å². The zero-order valence-corrected chi connectivity index (χ0v) is 15.7. The Balaban J connectivity index is 1.75. The highest BCUT2D eigenvalue weighted by Gasteiger charge is 2.40. The first-order chi connectivity index (χ1) is 12.6. The van der Waals surface area contributed by atoms with Gasteiger partial charge >= 0.3 is 0 Å². The predicted molar refractivity (Wildman–Crippen MR) is 108 cm³/mol. The lowest BCUT2D eigenvalue weighted by atomic mass is 9.97. The number of nitrogens with zero attached hydrogens (tertiary/aromatic N) is 3. The number of benzene rings is 1. The minimum absolute atomic E-state index is 0.571. The lowest BCUT2D eigenvalue weighted by molar-refractivity contribution is 0.223. The second-order valence-electron chi connectivity index (χ2n) is 7.92. The maximum absolute atomic E-state index is 4.28. The fourth-order valence-electron chi connectivity index (χ4n) is 4.93. The van der Waals surface area contributed by atoms with Gasteiger partial charge in [-0.2, -0.15) is 0 Å². The van der Waals surface area contributed by atoms with E-state index in [1.165, 1.54) is 46.1 Å². The summed E-state index contributed by atoms with van der Waals surface area (Å²) in [7, 11) is 2.31. The molecule has 4 heterocycles. The van der Waals surface area contributed by atoms with Crippen molar-refractivity contribution in [1.82, 2.24) is 14.5 Å². The van der Waals surface area contributed by atoms with Crippen molar-refractivity contribution in [3.8, 4) is 0 Å². The van der Waals surface area contributed by atoms with Crippen molar-refractivity contribution in [2.45, 2.75) is 45.2 Å². The molecule has 3 heteroatoms. The molecular weight excluding hydrogens is 318 g/mol. The molecule has 2 bridgehead atoms. The molecule has 132 valence electrons. The van der Waals surface area contributed by atoms with Gasteiger partial charge in [-0.1, -0.05) is 17.7 Å². The van der Waals surface area contributed by atoms with Crippen LogP contribution in [0.15, 0.2) is 42.7 Å². The van der Waals surface area contributed by atoms with E-state index in [0.29, 0.717) is 12.1 Å².